The van der Waals surface area contributed by atoms with E-state index in [1.807, 2.05) is 0 Å². The molecular weight excluding hydrogens is 606 g/mol. The zero-order valence-electron chi connectivity index (χ0n) is 25.5. The third kappa shape index (κ3) is 9.47. The topological polar surface area (TPSA) is 132 Å². The molecule has 4 rings (SSSR count). The van der Waals surface area contributed by atoms with Crippen molar-refractivity contribution in [1.82, 2.24) is 5.32 Å². The average molecular weight is 640 g/mol. The molecule has 3 N–H and O–H groups in total. The van der Waals surface area contributed by atoms with Crippen molar-refractivity contribution in [2.24, 2.45) is 0 Å². The van der Waals surface area contributed by atoms with Gasteiger partial charge in [-0.2, -0.15) is 0 Å². The summed E-state index contributed by atoms with van der Waals surface area (Å²) in [5.74, 6) is -0.453. The molecule has 0 saturated heterocycles. The van der Waals surface area contributed by atoms with Crippen LogP contribution in [0.3, 0.4) is 0 Å². The number of carbonyl (C=O) groups is 4. The number of benzene rings is 4. The van der Waals surface area contributed by atoms with E-state index in [2.05, 4.69) is 16.0 Å². The fourth-order valence-corrected chi connectivity index (χ4v) is 4.82. The number of hydrogen-bond acceptors (Lipinski definition) is 8. The highest BCUT2D eigenvalue weighted by Gasteiger charge is 2.17. The van der Waals surface area contributed by atoms with Crippen LogP contribution < -0.4 is 25.4 Å². The molecule has 0 spiro atoms. The number of rotatable bonds is 13. The number of ether oxygens (including phenoxy) is 3. The van der Waals surface area contributed by atoms with Crippen LogP contribution in [-0.2, 0) is 14.3 Å². The molecule has 3 amide bonds. The summed E-state index contributed by atoms with van der Waals surface area (Å²) in [4.78, 5) is 51.5. The summed E-state index contributed by atoms with van der Waals surface area (Å²) in [5.41, 5.74) is 2.41. The minimum absolute atomic E-state index is 0.00253. The van der Waals surface area contributed by atoms with Crippen LogP contribution in [0.15, 0.2) is 108 Å². The van der Waals surface area contributed by atoms with Crippen molar-refractivity contribution < 1.29 is 33.4 Å². The normalized spacial score (nSPS) is 10.8. The van der Waals surface area contributed by atoms with Crippen LogP contribution in [0.1, 0.15) is 33.2 Å². The molecule has 4 aromatic rings. The van der Waals surface area contributed by atoms with Crippen LogP contribution in [0.2, 0.25) is 0 Å². The third-order valence-electron chi connectivity index (χ3n) is 6.43. The van der Waals surface area contributed by atoms with Crippen LogP contribution in [0.25, 0.3) is 6.08 Å². The van der Waals surface area contributed by atoms with Gasteiger partial charge in [-0.15, -0.1) is 11.8 Å². The lowest BCUT2D eigenvalue weighted by Crippen LogP contribution is -2.30. The summed E-state index contributed by atoms with van der Waals surface area (Å²) < 4.78 is 15.7. The highest BCUT2D eigenvalue weighted by molar-refractivity contribution is 8.00. The van der Waals surface area contributed by atoms with Gasteiger partial charge >= 0.3 is 5.97 Å². The van der Waals surface area contributed by atoms with Gasteiger partial charge in [0, 0.05) is 33.5 Å². The second-order valence-corrected chi connectivity index (χ2v) is 10.6. The van der Waals surface area contributed by atoms with E-state index in [9.17, 15) is 19.2 Å². The van der Waals surface area contributed by atoms with E-state index < -0.39 is 17.8 Å². The molecule has 11 heteroatoms. The first-order chi connectivity index (χ1) is 22.3. The minimum atomic E-state index is -0.545. The zero-order valence-corrected chi connectivity index (χ0v) is 26.3. The highest BCUT2D eigenvalue weighted by atomic mass is 32.2. The molecule has 0 aliphatic rings. The van der Waals surface area contributed by atoms with Crippen LogP contribution in [0.5, 0.6) is 11.5 Å². The van der Waals surface area contributed by atoms with Crippen LogP contribution >= 0.6 is 11.8 Å². The van der Waals surface area contributed by atoms with Crippen molar-refractivity contribution in [1.29, 1.82) is 0 Å². The number of methoxy groups -OCH3 is 2. The number of carbonyl (C=O) groups excluding carboxylic acids is 4. The molecule has 0 bridgehead atoms. The standard InChI is InChI=1S/C35H33N3O7S/c1-4-45-35(42)24-10-13-26(14-11-24)36-32(39)22-46-29-18-15-27(16-19-29)37-34(41)30(38-33(40)23-8-6-5-7-9-23)20-25-12-17-28(43-2)21-31(25)44-3/h5-21H,4,22H2,1-3H3,(H,36,39)(H,37,41)(H,38,40)/b30-20-. The maximum absolute atomic E-state index is 13.4. The Morgan fingerprint density at radius 1 is 0.761 bits per heavy atom. The Labute approximate surface area is 271 Å². The maximum atomic E-state index is 13.4. The number of amides is 3. The second kappa shape index (κ2) is 16.5. The van der Waals surface area contributed by atoms with Crippen molar-refractivity contribution in [2.75, 3.05) is 37.2 Å². The molecule has 0 fully saturated rings. The van der Waals surface area contributed by atoms with E-state index in [1.165, 1.54) is 32.1 Å². The Balaban J connectivity index is 1.40. The molecule has 0 heterocycles. The fourth-order valence-electron chi connectivity index (χ4n) is 4.12. The molecule has 0 aromatic heterocycles. The van der Waals surface area contributed by atoms with Gasteiger partial charge in [-0.25, -0.2) is 4.79 Å². The largest absolute Gasteiger partial charge is 0.497 e. The number of hydrogen-bond donors (Lipinski definition) is 3. The molecule has 0 radical (unpaired) electrons. The van der Waals surface area contributed by atoms with Gasteiger partial charge in [0.25, 0.3) is 11.8 Å². The molecular formula is C35H33N3O7S. The maximum Gasteiger partial charge on any atom is 0.338 e. The Bertz CT molecular complexity index is 1710. The molecule has 0 unspecified atom stereocenters. The third-order valence-corrected chi connectivity index (χ3v) is 7.44. The first kappa shape index (κ1) is 33.3. The SMILES string of the molecule is CCOC(=O)c1ccc(NC(=O)CSc2ccc(NC(=O)/C(=C/c3ccc(OC)cc3OC)NC(=O)c3ccccc3)cc2)cc1. The van der Waals surface area contributed by atoms with Gasteiger partial charge in [0.2, 0.25) is 5.91 Å². The van der Waals surface area contributed by atoms with Gasteiger partial charge in [0.05, 0.1) is 32.1 Å². The van der Waals surface area contributed by atoms with Crippen LogP contribution in [0.4, 0.5) is 11.4 Å². The second-order valence-electron chi connectivity index (χ2n) is 9.60. The monoisotopic (exact) mass is 639 g/mol. The summed E-state index contributed by atoms with van der Waals surface area (Å²) >= 11 is 1.32. The van der Waals surface area contributed by atoms with E-state index in [0.29, 0.717) is 39.6 Å². The summed E-state index contributed by atoms with van der Waals surface area (Å²) in [5, 5.41) is 8.32. The fraction of sp³-hybridized carbons (Fsp3) is 0.143. The quantitative estimate of drug-likeness (QED) is 0.0920. The van der Waals surface area contributed by atoms with Crippen molar-refractivity contribution in [3.63, 3.8) is 0 Å². The first-order valence-electron chi connectivity index (χ1n) is 14.2. The molecule has 0 atom stereocenters. The van der Waals surface area contributed by atoms with E-state index >= 15 is 0 Å². The number of anilines is 2. The minimum Gasteiger partial charge on any atom is -0.497 e. The number of thioether (sulfide) groups is 1. The van der Waals surface area contributed by atoms with Crippen LogP contribution in [-0.4, -0.2) is 50.3 Å². The summed E-state index contributed by atoms with van der Waals surface area (Å²) in [7, 11) is 3.04. The predicted molar refractivity (Wildman–Crippen MR) is 178 cm³/mol. The Kier molecular flexibility index (Phi) is 12.0. The van der Waals surface area contributed by atoms with Crippen LogP contribution in [0, 0.1) is 0 Å². The van der Waals surface area contributed by atoms with E-state index in [1.54, 1.807) is 104 Å². The van der Waals surface area contributed by atoms with Gasteiger partial charge in [0.15, 0.2) is 0 Å². The Morgan fingerprint density at radius 3 is 2.09 bits per heavy atom. The van der Waals surface area contributed by atoms with E-state index in [-0.39, 0.29) is 24.0 Å². The van der Waals surface area contributed by atoms with Crippen molar-refractivity contribution in [2.45, 2.75) is 11.8 Å². The number of nitrogens with one attached hydrogen (secondary N) is 3. The van der Waals surface area contributed by atoms with Gasteiger partial charge in [-0.3, -0.25) is 14.4 Å². The smallest absolute Gasteiger partial charge is 0.338 e. The van der Waals surface area contributed by atoms with Crippen molar-refractivity contribution >= 4 is 52.9 Å². The average Bonchev–Trinajstić information content (AvgIpc) is 3.08. The molecule has 0 aliphatic carbocycles. The molecule has 236 valence electrons. The lowest BCUT2D eigenvalue weighted by atomic mass is 10.1. The molecule has 0 saturated carbocycles. The summed E-state index contributed by atoms with van der Waals surface area (Å²) in [6, 6.07) is 27.1. The van der Waals surface area contributed by atoms with Gasteiger partial charge in [0.1, 0.15) is 17.2 Å². The van der Waals surface area contributed by atoms with Crippen molar-refractivity contribution in [3.05, 3.63) is 119 Å². The Hall–Kier alpha value is -5.55. The Morgan fingerprint density at radius 2 is 1.43 bits per heavy atom. The van der Waals surface area contributed by atoms with Gasteiger partial charge < -0.3 is 30.2 Å². The molecule has 10 nitrogen and oxygen atoms in total. The highest BCUT2D eigenvalue weighted by Crippen LogP contribution is 2.27. The van der Waals surface area contributed by atoms with E-state index in [4.69, 9.17) is 14.2 Å². The van der Waals surface area contributed by atoms with E-state index in [0.717, 1.165) is 4.90 Å². The molecule has 46 heavy (non-hydrogen) atoms. The summed E-state index contributed by atoms with van der Waals surface area (Å²) in [6.07, 6.45) is 1.53. The van der Waals surface area contributed by atoms with Gasteiger partial charge in [-0.05, 0) is 85.8 Å². The lowest BCUT2D eigenvalue weighted by molar-refractivity contribution is -0.114. The lowest BCUT2D eigenvalue weighted by Gasteiger charge is -2.13. The summed E-state index contributed by atoms with van der Waals surface area (Å²) in [6.45, 7) is 2.02. The molecule has 0 aliphatic heterocycles. The zero-order chi connectivity index (χ0) is 32.9. The van der Waals surface area contributed by atoms with Gasteiger partial charge in [-0.1, -0.05) is 18.2 Å². The predicted octanol–water partition coefficient (Wildman–Crippen LogP) is 6.02. The molecule has 4 aromatic carbocycles. The first-order valence-corrected chi connectivity index (χ1v) is 15.2. The number of esters is 1. The van der Waals surface area contributed by atoms with Crippen molar-refractivity contribution in [3.8, 4) is 11.5 Å².